The van der Waals surface area contributed by atoms with Gasteiger partial charge in [-0.2, -0.15) is 0 Å². The molecule has 0 saturated carbocycles. The van der Waals surface area contributed by atoms with Crippen molar-refractivity contribution in [2.24, 2.45) is 0 Å². The minimum absolute atomic E-state index is 0.0427. The first kappa shape index (κ1) is 21.7. The molecule has 29 heavy (non-hydrogen) atoms. The Hall–Kier alpha value is -2.02. The molecule has 0 aliphatic carbocycles. The maximum atomic E-state index is 12.6. The number of hydrogen-bond acceptors (Lipinski definition) is 5. The minimum Gasteiger partial charge on any atom is -0.490 e. The summed E-state index contributed by atoms with van der Waals surface area (Å²) in [7, 11) is 0. The lowest BCUT2D eigenvalue weighted by molar-refractivity contribution is -0.122. The van der Waals surface area contributed by atoms with E-state index >= 15 is 0 Å². The monoisotopic (exact) mass is 447 g/mol. The third-order valence-corrected chi connectivity index (χ3v) is 5.97. The number of carbonyl (C=O) groups excluding carboxylic acids is 1. The molecule has 0 radical (unpaired) electrons. The highest BCUT2D eigenvalue weighted by atomic mass is 35.5. The summed E-state index contributed by atoms with van der Waals surface area (Å²) >= 11 is 12.9. The van der Waals surface area contributed by atoms with Crippen LogP contribution in [0.3, 0.4) is 0 Å². The number of carbonyl (C=O) groups is 1. The second kappa shape index (κ2) is 10.1. The first-order valence-corrected chi connectivity index (χ1v) is 11.0. The summed E-state index contributed by atoms with van der Waals surface area (Å²) in [6, 6.07) is 13.2. The maximum Gasteiger partial charge on any atom is 0.266 e. The van der Waals surface area contributed by atoms with Crippen LogP contribution in [-0.2, 0) is 11.4 Å². The van der Waals surface area contributed by atoms with E-state index in [1.807, 2.05) is 62.4 Å². The highest BCUT2D eigenvalue weighted by Gasteiger charge is 2.31. The van der Waals surface area contributed by atoms with Crippen molar-refractivity contribution in [1.29, 1.82) is 0 Å². The molecule has 1 heterocycles. The van der Waals surface area contributed by atoms with E-state index in [0.717, 1.165) is 17.5 Å². The third-order valence-electron chi connectivity index (χ3n) is 4.23. The molecule has 3 rings (SSSR count). The van der Waals surface area contributed by atoms with Crippen molar-refractivity contribution in [1.82, 2.24) is 4.90 Å². The van der Waals surface area contributed by atoms with Crippen LogP contribution in [0.2, 0.25) is 5.02 Å². The zero-order valence-corrected chi connectivity index (χ0v) is 18.7. The predicted molar refractivity (Wildman–Crippen MR) is 124 cm³/mol. The molecule has 0 atom stereocenters. The van der Waals surface area contributed by atoms with E-state index in [2.05, 4.69) is 0 Å². The Bertz CT molecular complexity index is 945. The zero-order valence-electron chi connectivity index (χ0n) is 16.3. The molecule has 0 unspecified atom stereocenters. The SMILES string of the molecule is CCCN1C(=O)/C(=C\c2ccc(OCc3ccccc3Cl)c(OCC)c2)SC1=S. The van der Waals surface area contributed by atoms with Crippen molar-refractivity contribution in [3.05, 3.63) is 63.5 Å². The van der Waals surface area contributed by atoms with E-state index in [1.165, 1.54) is 11.8 Å². The van der Waals surface area contributed by atoms with E-state index in [0.29, 0.717) is 45.5 Å². The maximum absolute atomic E-state index is 12.6. The summed E-state index contributed by atoms with van der Waals surface area (Å²) in [4.78, 5) is 14.8. The molecular formula is C22H22ClNO3S2. The Labute approximate surface area is 185 Å². The van der Waals surface area contributed by atoms with Crippen LogP contribution < -0.4 is 9.47 Å². The van der Waals surface area contributed by atoms with Gasteiger partial charge in [0.1, 0.15) is 10.9 Å². The average molecular weight is 448 g/mol. The van der Waals surface area contributed by atoms with Gasteiger partial charge in [-0.15, -0.1) is 0 Å². The molecule has 1 aliphatic heterocycles. The van der Waals surface area contributed by atoms with E-state index in [-0.39, 0.29) is 5.91 Å². The Balaban J connectivity index is 1.80. The molecule has 0 N–H and O–H groups in total. The summed E-state index contributed by atoms with van der Waals surface area (Å²) in [5, 5.41) is 0.663. The van der Waals surface area contributed by atoms with Crippen LogP contribution in [0.5, 0.6) is 11.5 Å². The van der Waals surface area contributed by atoms with Crippen LogP contribution in [-0.4, -0.2) is 28.3 Å². The fourth-order valence-corrected chi connectivity index (χ4v) is 4.34. The van der Waals surface area contributed by atoms with Gasteiger partial charge < -0.3 is 9.47 Å². The quantitative estimate of drug-likeness (QED) is 0.370. The summed E-state index contributed by atoms with van der Waals surface area (Å²) in [5.74, 6) is 1.21. The average Bonchev–Trinajstić information content (AvgIpc) is 2.96. The number of rotatable bonds is 8. The van der Waals surface area contributed by atoms with Crippen LogP contribution >= 0.6 is 35.6 Å². The van der Waals surface area contributed by atoms with E-state index < -0.39 is 0 Å². The van der Waals surface area contributed by atoms with Gasteiger partial charge in [0.2, 0.25) is 0 Å². The number of thiocarbonyl (C=S) groups is 1. The number of ether oxygens (including phenoxy) is 2. The van der Waals surface area contributed by atoms with E-state index in [1.54, 1.807) is 4.90 Å². The van der Waals surface area contributed by atoms with Crippen molar-refractivity contribution >= 4 is 51.9 Å². The lowest BCUT2D eigenvalue weighted by atomic mass is 10.1. The zero-order chi connectivity index (χ0) is 20.8. The standard InChI is InChI=1S/C22H22ClNO3S2/c1-3-11-24-21(25)20(29-22(24)28)13-15-9-10-18(19(12-15)26-4-2)27-14-16-7-5-6-8-17(16)23/h5-10,12-13H,3-4,11,14H2,1-2H3/b20-13+. The van der Waals surface area contributed by atoms with Gasteiger partial charge in [0.25, 0.3) is 5.91 Å². The van der Waals surface area contributed by atoms with Crippen LogP contribution in [0.15, 0.2) is 47.4 Å². The highest BCUT2D eigenvalue weighted by Crippen LogP contribution is 2.35. The van der Waals surface area contributed by atoms with E-state index in [9.17, 15) is 4.79 Å². The fourth-order valence-electron chi connectivity index (χ4n) is 2.84. The largest absolute Gasteiger partial charge is 0.490 e. The molecule has 0 bridgehead atoms. The van der Waals surface area contributed by atoms with Crippen LogP contribution in [0.4, 0.5) is 0 Å². The smallest absolute Gasteiger partial charge is 0.266 e. The number of thioether (sulfide) groups is 1. The molecule has 1 amide bonds. The molecule has 1 aliphatic rings. The molecular weight excluding hydrogens is 426 g/mol. The normalized spacial score (nSPS) is 15.3. The second-order valence-corrected chi connectivity index (χ2v) is 8.44. The highest BCUT2D eigenvalue weighted by molar-refractivity contribution is 8.26. The Morgan fingerprint density at radius 3 is 2.66 bits per heavy atom. The summed E-state index contributed by atoms with van der Waals surface area (Å²) in [6.07, 6.45) is 2.71. The molecule has 0 aromatic heterocycles. The van der Waals surface area contributed by atoms with Gasteiger partial charge in [-0.25, -0.2) is 0 Å². The molecule has 0 spiro atoms. The summed E-state index contributed by atoms with van der Waals surface area (Å²) in [5.41, 5.74) is 1.76. The molecule has 1 saturated heterocycles. The van der Waals surface area contributed by atoms with Crippen molar-refractivity contribution < 1.29 is 14.3 Å². The van der Waals surface area contributed by atoms with Crippen molar-refractivity contribution in [3.8, 4) is 11.5 Å². The molecule has 7 heteroatoms. The predicted octanol–water partition coefficient (Wildman–Crippen LogP) is 5.93. The Morgan fingerprint density at radius 1 is 1.14 bits per heavy atom. The number of benzene rings is 2. The third kappa shape index (κ3) is 5.32. The van der Waals surface area contributed by atoms with Gasteiger partial charge in [-0.1, -0.05) is 66.8 Å². The van der Waals surface area contributed by atoms with Crippen molar-refractivity contribution in [2.45, 2.75) is 26.9 Å². The van der Waals surface area contributed by atoms with Crippen LogP contribution in [0, 0.1) is 0 Å². The number of hydrogen-bond donors (Lipinski definition) is 0. The molecule has 2 aromatic carbocycles. The lowest BCUT2D eigenvalue weighted by Crippen LogP contribution is -2.28. The van der Waals surface area contributed by atoms with Gasteiger partial charge in [0.05, 0.1) is 11.5 Å². The summed E-state index contributed by atoms with van der Waals surface area (Å²) < 4.78 is 12.3. The molecule has 1 fully saturated rings. The Kier molecular flexibility index (Phi) is 7.58. The molecule has 2 aromatic rings. The molecule has 4 nitrogen and oxygen atoms in total. The topological polar surface area (TPSA) is 38.8 Å². The Morgan fingerprint density at radius 2 is 1.93 bits per heavy atom. The minimum atomic E-state index is -0.0427. The summed E-state index contributed by atoms with van der Waals surface area (Å²) in [6.45, 7) is 5.43. The molecule has 152 valence electrons. The fraction of sp³-hybridized carbons (Fsp3) is 0.273. The van der Waals surface area contributed by atoms with Crippen molar-refractivity contribution in [3.63, 3.8) is 0 Å². The first-order chi connectivity index (χ1) is 14.0. The van der Waals surface area contributed by atoms with Crippen LogP contribution in [0.25, 0.3) is 6.08 Å². The van der Waals surface area contributed by atoms with Crippen LogP contribution in [0.1, 0.15) is 31.4 Å². The first-order valence-electron chi connectivity index (χ1n) is 9.42. The van der Waals surface area contributed by atoms with Gasteiger partial charge in [0, 0.05) is 17.1 Å². The number of halogens is 1. The lowest BCUT2D eigenvalue weighted by Gasteiger charge is -2.13. The second-order valence-electron chi connectivity index (χ2n) is 6.35. The number of amides is 1. The van der Waals surface area contributed by atoms with Gasteiger partial charge in [-0.05, 0) is 43.2 Å². The van der Waals surface area contributed by atoms with Gasteiger partial charge in [0.15, 0.2) is 11.5 Å². The van der Waals surface area contributed by atoms with E-state index in [4.69, 9.17) is 33.3 Å². The van der Waals surface area contributed by atoms with Gasteiger partial charge in [-0.3, -0.25) is 9.69 Å². The van der Waals surface area contributed by atoms with Gasteiger partial charge >= 0.3 is 0 Å². The number of nitrogens with zero attached hydrogens (tertiary/aromatic N) is 1. The van der Waals surface area contributed by atoms with Crippen molar-refractivity contribution in [2.75, 3.05) is 13.2 Å².